The van der Waals surface area contributed by atoms with Crippen LogP contribution >= 0.6 is 0 Å². The molecule has 0 unspecified atom stereocenters. The van der Waals surface area contributed by atoms with E-state index in [1.807, 2.05) is 6.92 Å². The molecule has 0 aliphatic carbocycles. The van der Waals surface area contributed by atoms with Crippen molar-refractivity contribution in [2.75, 3.05) is 25.6 Å². The normalized spacial score (nSPS) is 10.6. The predicted octanol–water partition coefficient (Wildman–Crippen LogP) is 3.46. The number of aromatic nitrogens is 2. The summed E-state index contributed by atoms with van der Waals surface area (Å²) in [5.74, 6) is -0.848. The van der Waals surface area contributed by atoms with E-state index in [1.54, 1.807) is 31.2 Å². The van der Waals surface area contributed by atoms with Gasteiger partial charge in [-0.2, -0.15) is 4.68 Å². The number of anilines is 1. The van der Waals surface area contributed by atoms with Crippen LogP contribution in [0.3, 0.4) is 0 Å². The Hall–Kier alpha value is -3.82. The Bertz CT molecular complexity index is 1080. The minimum absolute atomic E-state index is 0.0413. The molecule has 3 rings (SSSR count). The van der Waals surface area contributed by atoms with Gasteiger partial charge in [-0.1, -0.05) is 13.0 Å². The van der Waals surface area contributed by atoms with Crippen LogP contribution in [0.1, 0.15) is 41.2 Å². The number of furan rings is 1. The highest BCUT2D eigenvalue weighted by atomic mass is 16.6. The van der Waals surface area contributed by atoms with E-state index in [0.717, 1.165) is 4.68 Å². The number of esters is 1. The number of ether oxygens (including phenoxy) is 3. The van der Waals surface area contributed by atoms with Crippen LogP contribution < -0.4 is 10.1 Å². The molecule has 0 saturated carbocycles. The third-order valence-electron chi connectivity index (χ3n) is 4.00. The van der Waals surface area contributed by atoms with E-state index in [1.165, 1.54) is 13.2 Å². The van der Waals surface area contributed by atoms with Crippen LogP contribution in [-0.2, 0) is 9.47 Å². The molecule has 10 nitrogen and oxygen atoms in total. The zero-order valence-corrected chi connectivity index (χ0v) is 16.8. The second-order valence-corrected chi connectivity index (χ2v) is 6.11. The van der Waals surface area contributed by atoms with E-state index in [2.05, 4.69) is 10.4 Å². The first-order chi connectivity index (χ1) is 14.5. The molecular weight excluding hydrogens is 394 g/mol. The largest absolute Gasteiger partial charge is 0.497 e. The molecule has 1 N–H and O–H groups in total. The maximum Gasteiger partial charge on any atom is 0.435 e. The number of benzene rings is 1. The number of methoxy groups -OCH3 is 1. The fourth-order valence-electron chi connectivity index (χ4n) is 2.62. The van der Waals surface area contributed by atoms with Gasteiger partial charge in [0.05, 0.1) is 20.3 Å². The van der Waals surface area contributed by atoms with Crippen LogP contribution in [0.15, 0.2) is 34.7 Å². The van der Waals surface area contributed by atoms with E-state index in [9.17, 15) is 14.4 Å². The summed E-state index contributed by atoms with van der Waals surface area (Å²) in [6.45, 7) is 3.85. The molecule has 0 aliphatic rings. The number of hydrogen-bond donors (Lipinski definition) is 1. The van der Waals surface area contributed by atoms with Gasteiger partial charge in [0.2, 0.25) is 5.76 Å². The fourth-order valence-corrected chi connectivity index (χ4v) is 2.62. The molecule has 2 heterocycles. The minimum Gasteiger partial charge on any atom is -0.497 e. The Morgan fingerprint density at radius 3 is 2.67 bits per heavy atom. The summed E-state index contributed by atoms with van der Waals surface area (Å²) in [7, 11) is 1.49. The number of carbonyl (C=O) groups is 3. The molecule has 0 aliphatic heterocycles. The maximum absolute atomic E-state index is 12.6. The van der Waals surface area contributed by atoms with E-state index < -0.39 is 18.0 Å². The lowest BCUT2D eigenvalue weighted by Crippen LogP contribution is -2.17. The molecule has 30 heavy (non-hydrogen) atoms. The van der Waals surface area contributed by atoms with E-state index >= 15 is 0 Å². The van der Waals surface area contributed by atoms with Gasteiger partial charge in [-0.15, -0.1) is 5.10 Å². The number of hydrogen-bond acceptors (Lipinski definition) is 8. The first kappa shape index (κ1) is 20.9. The van der Waals surface area contributed by atoms with Crippen molar-refractivity contribution in [2.45, 2.75) is 20.3 Å². The van der Waals surface area contributed by atoms with Gasteiger partial charge in [-0.3, -0.25) is 4.79 Å². The molecule has 1 aromatic carbocycles. The van der Waals surface area contributed by atoms with Gasteiger partial charge in [0.1, 0.15) is 11.3 Å². The molecule has 0 bridgehead atoms. The molecule has 0 atom stereocenters. The van der Waals surface area contributed by atoms with Gasteiger partial charge in [0, 0.05) is 11.6 Å². The first-order valence-corrected chi connectivity index (χ1v) is 9.30. The molecule has 0 spiro atoms. The van der Waals surface area contributed by atoms with Crippen molar-refractivity contribution < 1.29 is 33.0 Å². The van der Waals surface area contributed by atoms with Crippen LogP contribution in [0.25, 0.3) is 11.1 Å². The van der Waals surface area contributed by atoms with E-state index in [-0.39, 0.29) is 35.9 Å². The number of carbonyl (C=O) groups excluding carboxylic acids is 3. The van der Waals surface area contributed by atoms with Crippen molar-refractivity contribution in [1.29, 1.82) is 0 Å². The smallest absolute Gasteiger partial charge is 0.435 e. The highest BCUT2D eigenvalue weighted by molar-refractivity contribution is 6.08. The molecule has 158 valence electrons. The second-order valence-electron chi connectivity index (χ2n) is 6.11. The van der Waals surface area contributed by atoms with Gasteiger partial charge < -0.3 is 23.9 Å². The predicted molar refractivity (Wildman–Crippen MR) is 106 cm³/mol. The van der Waals surface area contributed by atoms with Crippen LogP contribution in [-0.4, -0.2) is 48.1 Å². The Morgan fingerprint density at radius 2 is 1.97 bits per heavy atom. The lowest BCUT2D eigenvalue weighted by Gasteiger charge is -2.05. The standard InChI is InChI=1S/C20H21N3O7/c1-4-9-29-19(25)15-11-14-16(30-15)17(22-23(14)20(26)28-5-2)21-18(24)12-7-6-8-13(10-12)27-3/h6-8,10-11H,4-5,9H2,1-3H3,(H,21,22,24). The number of nitrogens with zero attached hydrogens (tertiary/aromatic N) is 2. The average Bonchev–Trinajstić information content (AvgIpc) is 3.32. The van der Waals surface area contributed by atoms with Crippen molar-refractivity contribution in [3.63, 3.8) is 0 Å². The van der Waals surface area contributed by atoms with E-state index in [0.29, 0.717) is 17.7 Å². The highest BCUT2D eigenvalue weighted by Gasteiger charge is 2.25. The summed E-state index contributed by atoms with van der Waals surface area (Å²) >= 11 is 0. The van der Waals surface area contributed by atoms with Crippen LogP contribution in [0.4, 0.5) is 10.6 Å². The van der Waals surface area contributed by atoms with Crippen molar-refractivity contribution in [2.24, 2.45) is 0 Å². The lowest BCUT2D eigenvalue weighted by atomic mass is 10.2. The summed E-state index contributed by atoms with van der Waals surface area (Å²) in [5, 5.41) is 6.66. The Balaban J connectivity index is 1.97. The van der Waals surface area contributed by atoms with Gasteiger partial charge in [-0.25, -0.2) is 9.59 Å². The molecule has 3 aromatic rings. The summed E-state index contributed by atoms with van der Waals surface area (Å²) in [6, 6.07) is 7.82. The quantitative estimate of drug-likeness (QED) is 0.582. The number of fused-ring (bicyclic) bond motifs is 1. The minimum atomic E-state index is -0.779. The third-order valence-corrected chi connectivity index (χ3v) is 4.00. The van der Waals surface area contributed by atoms with Crippen LogP contribution in [0.2, 0.25) is 0 Å². The fraction of sp³-hybridized carbons (Fsp3) is 0.300. The second kappa shape index (κ2) is 9.12. The monoisotopic (exact) mass is 415 g/mol. The lowest BCUT2D eigenvalue weighted by molar-refractivity contribution is 0.0471. The van der Waals surface area contributed by atoms with Crippen molar-refractivity contribution in [3.8, 4) is 5.75 Å². The highest BCUT2D eigenvalue weighted by Crippen LogP contribution is 2.28. The summed E-state index contributed by atoms with van der Waals surface area (Å²) in [6.07, 6.45) is -0.136. The maximum atomic E-state index is 12.6. The zero-order chi connectivity index (χ0) is 21.7. The van der Waals surface area contributed by atoms with Crippen molar-refractivity contribution in [3.05, 3.63) is 41.7 Å². The molecule has 1 amide bonds. The number of amides is 1. The van der Waals surface area contributed by atoms with Gasteiger partial charge >= 0.3 is 12.1 Å². The number of nitrogens with one attached hydrogen (secondary N) is 1. The van der Waals surface area contributed by atoms with Crippen LogP contribution in [0, 0.1) is 0 Å². The average molecular weight is 415 g/mol. The van der Waals surface area contributed by atoms with Crippen molar-refractivity contribution in [1.82, 2.24) is 9.78 Å². The summed E-state index contributed by atoms with van der Waals surface area (Å²) in [5.41, 5.74) is 0.517. The SMILES string of the molecule is CCCOC(=O)c1cc2c(o1)c(NC(=O)c1cccc(OC)c1)nn2C(=O)OCC. The number of rotatable bonds is 7. The Labute approximate surface area is 171 Å². The molecule has 0 saturated heterocycles. The topological polar surface area (TPSA) is 122 Å². The summed E-state index contributed by atoms with van der Waals surface area (Å²) < 4.78 is 21.6. The van der Waals surface area contributed by atoms with Crippen molar-refractivity contribution >= 4 is 34.9 Å². The Morgan fingerprint density at radius 1 is 1.17 bits per heavy atom. The zero-order valence-electron chi connectivity index (χ0n) is 16.8. The third kappa shape index (κ3) is 4.27. The molecule has 10 heteroatoms. The summed E-state index contributed by atoms with van der Waals surface area (Å²) in [4.78, 5) is 37.0. The van der Waals surface area contributed by atoms with Gasteiger partial charge in [-0.05, 0) is 31.5 Å². The molecular formula is C20H21N3O7. The van der Waals surface area contributed by atoms with Gasteiger partial charge in [0.15, 0.2) is 11.4 Å². The molecule has 2 aromatic heterocycles. The van der Waals surface area contributed by atoms with Crippen LogP contribution in [0.5, 0.6) is 5.75 Å². The van der Waals surface area contributed by atoms with E-state index in [4.69, 9.17) is 18.6 Å². The molecule has 0 radical (unpaired) electrons. The van der Waals surface area contributed by atoms with Gasteiger partial charge in [0.25, 0.3) is 5.91 Å². The first-order valence-electron chi connectivity index (χ1n) is 9.30. The molecule has 0 fully saturated rings. The Kier molecular flexibility index (Phi) is 6.35.